The van der Waals surface area contributed by atoms with Crippen LogP contribution < -0.4 is 5.32 Å². The summed E-state index contributed by atoms with van der Waals surface area (Å²) in [5, 5.41) is 7.78. The van der Waals surface area contributed by atoms with Gasteiger partial charge in [0, 0.05) is 5.56 Å². The van der Waals surface area contributed by atoms with E-state index < -0.39 is 73.9 Å². The number of alkyl halides is 9. The maximum Gasteiger partial charge on any atom is 0.457 e. The Morgan fingerprint density at radius 2 is 1.35 bits per heavy atom. The highest BCUT2D eigenvalue weighted by Gasteiger charge is 2.81. The first-order valence-corrected chi connectivity index (χ1v) is 8.96. The monoisotopic (exact) mass is 544 g/mol. The molecule has 1 amide bonds. The molecule has 16 heteroatoms. The molecule has 0 bridgehead atoms. The third kappa shape index (κ3) is 4.34. The minimum absolute atomic E-state index is 0.300. The summed E-state index contributed by atoms with van der Waals surface area (Å²) in [7, 11) is 0. The maximum atomic E-state index is 14.6. The molecule has 0 radical (unpaired) electrons. The molecule has 2 aromatic rings. The SMILES string of the molecule is N#Cc1ccc(C(=O)Nc2c(Cl)cc(C(F)(C(F)(F)F)C(F)(F)C(F)(F)F)cc2Cl)c(F)c1F. The van der Waals surface area contributed by atoms with E-state index in [0.717, 1.165) is 0 Å². The van der Waals surface area contributed by atoms with Gasteiger partial charge in [0.25, 0.3) is 5.91 Å². The third-order valence-electron chi connectivity index (χ3n) is 4.31. The van der Waals surface area contributed by atoms with Gasteiger partial charge in [-0.1, -0.05) is 23.2 Å². The zero-order valence-corrected chi connectivity index (χ0v) is 17.1. The lowest BCUT2D eigenvalue weighted by Gasteiger charge is -2.36. The van der Waals surface area contributed by atoms with Crippen LogP contribution in [0.3, 0.4) is 0 Å². The molecule has 1 N–H and O–H groups in total. The zero-order valence-electron chi connectivity index (χ0n) is 15.6. The molecule has 1 unspecified atom stereocenters. The highest BCUT2D eigenvalue weighted by atomic mass is 35.5. The first kappa shape index (κ1) is 27.5. The fourth-order valence-corrected chi connectivity index (χ4v) is 3.18. The largest absolute Gasteiger partial charge is 0.457 e. The van der Waals surface area contributed by atoms with Gasteiger partial charge in [-0.15, -0.1) is 0 Å². The number of rotatable bonds is 4. The van der Waals surface area contributed by atoms with E-state index in [1.807, 2.05) is 0 Å². The molecule has 34 heavy (non-hydrogen) atoms. The van der Waals surface area contributed by atoms with Gasteiger partial charge < -0.3 is 5.32 Å². The molecular weight excluding hydrogens is 540 g/mol. The maximum absolute atomic E-state index is 14.6. The van der Waals surface area contributed by atoms with Crippen LogP contribution in [-0.2, 0) is 5.67 Å². The van der Waals surface area contributed by atoms with Crippen molar-refractivity contribution in [3.8, 4) is 6.07 Å². The van der Waals surface area contributed by atoms with Gasteiger partial charge in [0.2, 0.25) is 0 Å². The number of anilines is 1. The first-order valence-electron chi connectivity index (χ1n) is 8.20. The number of halogens is 13. The van der Waals surface area contributed by atoms with E-state index in [1.54, 1.807) is 5.32 Å². The smallest absolute Gasteiger partial charge is 0.319 e. The Morgan fingerprint density at radius 1 is 0.853 bits per heavy atom. The Kier molecular flexibility index (Phi) is 7.08. The zero-order chi connectivity index (χ0) is 26.4. The number of carbonyl (C=O) groups is 1. The predicted octanol–water partition coefficient (Wildman–Crippen LogP) is 7.32. The molecule has 1 atom stereocenters. The molecule has 0 spiro atoms. The number of hydrogen-bond donors (Lipinski definition) is 1. The van der Waals surface area contributed by atoms with Crippen LogP contribution >= 0.6 is 23.2 Å². The molecule has 0 aliphatic heterocycles. The molecular formula is C18H5Cl2F11N2O. The molecule has 0 aromatic heterocycles. The number of nitrogens with zero attached hydrogens (tertiary/aromatic N) is 1. The second-order valence-electron chi connectivity index (χ2n) is 6.40. The summed E-state index contributed by atoms with van der Waals surface area (Å²) in [6.07, 6.45) is -13.8. The van der Waals surface area contributed by atoms with Gasteiger partial charge in [0.05, 0.1) is 26.9 Å². The lowest BCUT2D eigenvalue weighted by molar-refractivity contribution is -0.389. The lowest BCUT2D eigenvalue weighted by atomic mass is 9.87. The Bertz CT molecular complexity index is 1170. The van der Waals surface area contributed by atoms with E-state index in [9.17, 15) is 53.1 Å². The van der Waals surface area contributed by atoms with E-state index in [4.69, 9.17) is 28.5 Å². The van der Waals surface area contributed by atoms with Crippen LogP contribution in [-0.4, -0.2) is 24.2 Å². The van der Waals surface area contributed by atoms with E-state index in [2.05, 4.69) is 0 Å². The van der Waals surface area contributed by atoms with E-state index in [1.165, 1.54) is 6.07 Å². The van der Waals surface area contributed by atoms with Crippen LogP contribution in [0, 0.1) is 23.0 Å². The summed E-state index contributed by atoms with van der Waals surface area (Å²) < 4.78 is 147. The number of carbonyl (C=O) groups excluding carboxylic acids is 1. The van der Waals surface area contributed by atoms with Crippen LogP contribution in [0.4, 0.5) is 54.0 Å². The lowest BCUT2D eigenvalue weighted by Crippen LogP contribution is -2.59. The number of hydrogen-bond acceptors (Lipinski definition) is 2. The summed E-state index contributed by atoms with van der Waals surface area (Å²) in [5.41, 5.74) is -11.5. The normalized spacial score (nSPS) is 14.4. The molecule has 0 aliphatic carbocycles. The summed E-state index contributed by atoms with van der Waals surface area (Å²) in [6, 6.07) is 1.96. The summed E-state index contributed by atoms with van der Waals surface area (Å²) in [4.78, 5) is 12.2. The summed E-state index contributed by atoms with van der Waals surface area (Å²) in [6.45, 7) is 0. The van der Waals surface area contributed by atoms with Crippen molar-refractivity contribution in [2.24, 2.45) is 0 Å². The molecule has 0 aliphatic rings. The highest BCUT2D eigenvalue weighted by molar-refractivity contribution is 6.40. The number of amides is 1. The van der Waals surface area contributed by atoms with Crippen LogP contribution in [0.2, 0.25) is 10.0 Å². The van der Waals surface area contributed by atoms with E-state index >= 15 is 0 Å². The average Bonchev–Trinajstić information content (AvgIpc) is 2.69. The van der Waals surface area contributed by atoms with Gasteiger partial charge in [0.15, 0.2) is 11.6 Å². The third-order valence-corrected chi connectivity index (χ3v) is 4.90. The van der Waals surface area contributed by atoms with Crippen molar-refractivity contribution >= 4 is 34.8 Å². The topological polar surface area (TPSA) is 52.9 Å². The van der Waals surface area contributed by atoms with Gasteiger partial charge in [0.1, 0.15) is 6.07 Å². The van der Waals surface area contributed by atoms with Gasteiger partial charge in [-0.3, -0.25) is 4.79 Å². The fourth-order valence-electron chi connectivity index (χ4n) is 2.60. The first-order chi connectivity index (χ1) is 15.3. The van der Waals surface area contributed by atoms with Crippen molar-refractivity contribution < 1.29 is 53.1 Å². The van der Waals surface area contributed by atoms with Gasteiger partial charge in [-0.2, -0.15) is 40.4 Å². The predicted molar refractivity (Wildman–Crippen MR) is 95.3 cm³/mol. The van der Waals surface area contributed by atoms with Crippen LogP contribution in [0.1, 0.15) is 21.5 Å². The minimum Gasteiger partial charge on any atom is -0.319 e. The molecule has 2 rings (SSSR count). The van der Waals surface area contributed by atoms with E-state index in [-0.39, 0.29) is 12.1 Å². The van der Waals surface area contributed by atoms with Crippen LogP contribution in [0.5, 0.6) is 0 Å². The Hall–Kier alpha value is -2.79. The van der Waals surface area contributed by atoms with Crippen LogP contribution in [0.25, 0.3) is 0 Å². The van der Waals surface area contributed by atoms with Crippen molar-refractivity contribution in [2.45, 2.75) is 23.9 Å². The number of nitrogens with one attached hydrogen (secondary N) is 1. The second kappa shape index (κ2) is 8.77. The molecule has 0 fully saturated rings. The number of benzene rings is 2. The minimum atomic E-state index is -7.00. The Balaban J connectivity index is 2.60. The van der Waals surface area contributed by atoms with E-state index in [0.29, 0.717) is 12.1 Å². The van der Waals surface area contributed by atoms with Crippen molar-refractivity contribution in [3.63, 3.8) is 0 Å². The molecule has 0 heterocycles. The molecule has 0 saturated heterocycles. The fraction of sp³-hybridized carbons (Fsp3) is 0.222. The Morgan fingerprint density at radius 3 is 1.76 bits per heavy atom. The molecule has 0 saturated carbocycles. The van der Waals surface area contributed by atoms with Gasteiger partial charge in [-0.05, 0) is 24.3 Å². The summed E-state index contributed by atoms with van der Waals surface area (Å²) in [5.74, 6) is -12.2. The Labute approximate surface area is 191 Å². The van der Waals surface area contributed by atoms with Crippen molar-refractivity contribution in [1.29, 1.82) is 5.26 Å². The van der Waals surface area contributed by atoms with Gasteiger partial charge in [-0.25, -0.2) is 13.2 Å². The average molecular weight is 545 g/mol. The highest BCUT2D eigenvalue weighted by Crippen LogP contribution is 2.59. The van der Waals surface area contributed by atoms with Crippen LogP contribution in [0.15, 0.2) is 24.3 Å². The van der Waals surface area contributed by atoms with Crippen molar-refractivity contribution in [2.75, 3.05) is 5.32 Å². The molecule has 2 aromatic carbocycles. The van der Waals surface area contributed by atoms with Crippen molar-refractivity contribution in [1.82, 2.24) is 0 Å². The molecule has 184 valence electrons. The number of nitriles is 1. The van der Waals surface area contributed by atoms with Crippen molar-refractivity contribution in [3.05, 3.63) is 62.6 Å². The van der Waals surface area contributed by atoms with Gasteiger partial charge >= 0.3 is 23.9 Å². The standard InChI is InChI=1S/C18H5Cl2F11N2O/c19-9-3-7(15(23,17(26,27)28)16(24,25)18(29,30)31)4-10(20)13(9)33-14(34)8-2-1-6(5-32)11(21)12(8)22/h1-4H,(H,33,34). The summed E-state index contributed by atoms with van der Waals surface area (Å²) >= 11 is 11.1. The molecule has 3 nitrogen and oxygen atoms in total. The quantitative estimate of drug-likeness (QED) is 0.410. The second-order valence-corrected chi connectivity index (χ2v) is 7.21.